The standard InChI is InChI=1S/C13H12FN5O2/c1-8(12-16-18-19-17-12)15-13(21)10-7-9(3-2-6-20)4-5-11(10)14/h4-5,7-8,20H,6H2,1H3,(H,15,21)(H,16,17,18,19). The third kappa shape index (κ3) is 3.61. The van der Waals surface area contributed by atoms with E-state index in [1.165, 1.54) is 12.1 Å². The van der Waals surface area contributed by atoms with Crippen molar-refractivity contribution < 1.29 is 14.3 Å². The van der Waals surface area contributed by atoms with Crippen LogP contribution in [0.3, 0.4) is 0 Å². The molecule has 7 nitrogen and oxygen atoms in total. The number of carbonyl (C=O) groups is 1. The fraction of sp³-hybridized carbons (Fsp3) is 0.231. The molecule has 1 unspecified atom stereocenters. The van der Waals surface area contributed by atoms with E-state index in [9.17, 15) is 9.18 Å². The molecular weight excluding hydrogens is 277 g/mol. The number of aromatic amines is 1. The van der Waals surface area contributed by atoms with E-state index in [2.05, 4.69) is 37.8 Å². The minimum absolute atomic E-state index is 0.143. The van der Waals surface area contributed by atoms with Gasteiger partial charge in [-0.05, 0) is 25.1 Å². The molecule has 108 valence electrons. The van der Waals surface area contributed by atoms with Crippen LogP contribution in [-0.4, -0.2) is 38.2 Å². The maximum absolute atomic E-state index is 13.7. The lowest BCUT2D eigenvalue weighted by molar-refractivity contribution is 0.0934. The molecule has 0 aliphatic rings. The third-order valence-electron chi connectivity index (χ3n) is 2.62. The molecule has 0 fully saturated rings. The lowest BCUT2D eigenvalue weighted by Crippen LogP contribution is -2.28. The zero-order valence-corrected chi connectivity index (χ0v) is 11.1. The normalized spacial score (nSPS) is 11.4. The van der Waals surface area contributed by atoms with Crippen LogP contribution in [0.5, 0.6) is 0 Å². The van der Waals surface area contributed by atoms with Gasteiger partial charge in [0.15, 0.2) is 5.82 Å². The Bertz CT molecular complexity index is 690. The molecule has 1 aromatic heterocycles. The monoisotopic (exact) mass is 289 g/mol. The van der Waals surface area contributed by atoms with Crippen LogP contribution in [0, 0.1) is 17.7 Å². The molecule has 0 aliphatic carbocycles. The summed E-state index contributed by atoms with van der Waals surface area (Å²) in [5.74, 6) is 4.06. The van der Waals surface area contributed by atoms with Crippen LogP contribution < -0.4 is 5.32 Å². The molecule has 0 bridgehead atoms. The summed E-state index contributed by atoms with van der Waals surface area (Å²) < 4.78 is 13.7. The highest BCUT2D eigenvalue weighted by molar-refractivity contribution is 5.95. The first-order chi connectivity index (χ1) is 10.1. The second-order valence-corrected chi connectivity index (χ2v) is 4.12. The average Bonchev–Trinajstić information content (AvgIpc) is 3.00. The van der Waals surface area contributed by atoms with Crippen molar-refractivity contribution in [3.8, 4) is 11.8 Å². The Morgan fingerprint density at radius 2 is 2.38 bits per heavy atom. The zero-order chi connectivity index (χ0) is 15.2. The number of benzene rings is 1. The first kappa shape index (κ1) is 14.6. The Kier molecular flexibility index (Phi) is 4.58. The van der Waals surface area contributed by atoms with Crippen LogP contribution in [0.1, 0.15) is 34.7 Å². The van der Waals surface area contributed by atoms with E-state index in [4.69, 9.17) is 5.11 Å². The summed E-state index contributed by atoms with van der Waals surface area (Å²) in [5.41, 5.74) is 0.290. The summed E-state index contributed by atoms with van der Waals surface area (Å²) in [6.45, 7) is 1.34. The SMILES string of the molecule is CC(NC(=O)c1cc(C#CCO)ccc1F)c1nn[nH]n1. The molecule has 1 aromatic carbocycles. The number of nitrogens with one attached hydrogen (secondary N) is 2. The molecule has 0 saturated heterocycles. The third-order valence-corrected chi connectivity index (χ3v) is 2.62. The van der Waals surface area contributed by atoms with Crippen LogP contribution in [0.4, 0.5) is 4.39 Å². The second-order valence-electron chi connectivity index (χ2n) is 4.12. The lowest BCUT2D eigenvalue weighted by Gasteiger charge is -2.10. The minimum atomic E-state index is -0.664. The molecule has 0 saturated carbocycles. The maximum Gasteiger partial charge on any atom is 0.254 e. The number of halogens is 1. The van der Waals surface area contributed by atoms with Gasteiger partial charge in [-0.1, -0.05) is 17.1 Å². The molecule has 1 amide bonds. The van der Waals surface area contributed by atoms with E-state index in [0.717, 1.165) is 6.07 Å². The number of aromatic nitrogens is 4. The summed E-state index contributed by atoms with van der Waals surface area (Å²) in [6.07, 6.45) is 0. The van der Waals surface area contributed by atoms with Crippen molar-refractivity contribution in [1.29, 1.82) is 0 Å². The van der Waals surface area contributed by atoms with Crippen molar-refractivity contribution in [2.75, 3.05) is 6.61 Å². The molecule has 1 atom stereocenters. The first-order valence-corrected chi connectivity index (χ1v) is 6.05. The second kappa shape index (κ2) is 6.58. The van der Waals surface area contributed by atoms with Gasteiger partial charge in [0.05, 0.1) is 11.6 Å². The number of hydrogen-bond donors (Lipinski definition) is 3. The molecule has 1 heterocycles. The summed E-state index contributed by atoms with van der Waals surface area (Å²) in [4.78, 5) is 12.1. The number of nitrogens with zero attached hydrogens (tertiary/aromatic N) is 3. The van der Waals surface area contributed by atoms with E-state index in [0.29, 0.717) is 11.4 Å². The van der Waals surface area contributed by atoms with E-state index < -0.39 is 17.8 Å². The fourth-order valence-corrected chi connectivity index (χ4v) is 1.61. The van der Waals surface area contributed by atoms with Crippen LogP contribution >= 0.6 is 0 Å². The topological polar surface area (TPSA) is 104 Å². The van der Waals surface area contributed by atoms with Gasteiger partial charge >= 0.3 is 0 Å². The molecule has 2 aromatic rings. The van der Waals surface area contributed by atoms with Gasteiger partial charge in [0.25, 0.3) is 5.91 Å². The predicted octanol–water partition coefficient (Wildman–Crippen LogP) is 0.174. The van der Waals surface area contributed by atoms with Crippen molar-refractivity contribution >= 4 is 5.91 Å². The van der Waals surface area contributed by atoms with Crippen LogP contribution in [0.25, 0.3) is 0 Å². The number of aliphatic hydroxyl groups excluding tert-OH is 1. The maximum atomic E-state index is 13.7. The smallest absolute Gasteiger partial charge is 0.254 e. The molecule has 2 rings (SSSR count). The largest absolute Gasteiger partial charge is 0.384 e. The Morgan fingerprint density at radius 3 is 3.05 bits per heavy atom. The van der Waals surface area contributed by atoms with Gasteiger partial charge < -0.3 is 10.4 Å². The highest BCUT2D eigenvalue weighted by atomic mass is 19.1. The Labute approximate surface area is 119 Å². The molecule has 21 heavy (non-hydrogen) atoms. The Morgan fingerprint density at radius 1 is 1.57 bits per heavy atom. The molecule has 0 radical (unpaired) electrons. The average molecular weight is 289 g/mol. The van der Waals surface area contributed by atoms with Gasteiger partial charge in [0, 0.05) is 5.56 Å². The predicted molar refractivity (Wildman–Crippen MR) is 70.4 cm³/mol. The van der Waals surface area contributed by atoms with E-state index >= 15 is 0 Å². The van der Waals surface area contributed by atoms with Gasteiger partial charge in [-0.2, -0.15) is 5.21 Å². The molecular formula is C13H12FN5O2. The van der Waals surface area contributed by atoms with Crippen LogP contribution in [-0.2, 0) is 0 Å². The highest BCUT2D eigenvalue weighted by Gasteiger charge is 2.17. The van der Waals surface area contributed by atoms with E-state index in [-0.39, 0.29) is 12.2 Å². The van der Waals surface area contributed by atoms with Gasteiger partial charge in [0.2, 0.25) is 0 Å². The van der Waals surface area contributed by atoms with Gasteiger partial charge in [0.1, 0.15) is 12.4 Å². The van der Waals surface area contributed by atoms with Gasteiger partial charge in [-0.15, -0.1) is 10.2 Å². The molecule has 0 aliphatic heterocycles. The minimum Gasteiger partial charge on any atom is -0.384 e. The number of rotatable bonds is 3. The van der Waals surface area contributed by atoms with E-state index in [1.54, 1.807) is 6.92 Å². The van der Waals surface area contributed by atoms with Crippen molar-refractivity contribution in [3.05, 3.63) is 41.0 Å². The molecule has 3 N–H and O–H groups in total. The zero-order valence-electron chi connectivity index (χ0n) is 11.1. The number of amides is 1. The quantitative estimate of drug-likeness (QED) is 0.699. The summed E-state index contributed by atoms with van der Waals surface area (Å²) >= 11 is 0. The number of carbonyl (C=O) groups excluding carboxylic acids is 1. The summed E-state index contributed by atoms with van der Waals surface area (Å²) in [6, 6.07) is 3.37. The van der Waals surface area contributed by atoms with Crippen molar-refractivity contribution in [2.45, 2.75) is 13.0 Å². The summed E-state index contributed by atoms with van der Waals surface area (Å²) in [5, 5.41) is 24.3. The Hall–Kier alpha value is -2.79. The molecule has 0 spiro atoms. The first-order valence-electron chi connectivity index (χ1n) is 6.05. The number of hydrogen-bond acceptors (Lipinski definition) is 5. The van der Waals surface area contributed by atoms with Gasteiger partial charge in [-0.25, -0.2) is 4.39 Å². The number of aliphatic hydroxyl groups is 1. The number of tetrazole rings is 1. The molecule has 8 heteroatoms. The van der Waals surface area contributed by atoms with Crippen molar-refractivity contribution in [2.24, 2.45) is 0 Å². The van der Waals surface area contributed by atoms with Gasteiger partial charge in [-0.3, -0.25) is 4.79 Å². The van der Waals surface area contributed by atoms with Crippen molar-refractivity contribution in [1.82, 2.24) is 25.9 Å². The van der Waals surface area contributed by atoms with Crippen LogP contribution in [0.2, 0.25) is 0 Å². The van der Waals surface area contributed by atoms with E-state index in [1.807, 2.05) is 0 Å². The summed E-state index contributed by atoms with van der Waals surface area (Å²) in [7, 11) is 0. The lowest BCUT2D eigenvalue weighted by atomic mass is 10.1. The highest BCUT2D eigenvalue weighted by Crippen LogP contribution is 2.12. The Balaban J connectivity index is 2.18. The van der Waals surface area contributed by atoms with Crippen molar-refractivity contribution in [3.63, 3.8) is 0 Å². The number of H-pyrrole nitrogens is 1. The fourth-order valence-electron chi connectivity index (χ4n) is 1.61. The van der Waals surface area contributed by atoms with Crippen LogP contribution in [0.15, 0.2) is 18.2 Å².